The Morgan fingerprint density at radius 3 is 2.93 bits per heavy atom. The first kappa shape index (κ1) is 23.6. The Hall–Kier alpha value is -1.65. The topological polar surface area (TPSA) is 65.5 Å². The van der Waals surface area contributed by atoms with Crippen molar-refractivity contribution < 1.29 is 4.74 Å². The highest BCUT2D eigenvalue weighted by molar-refractivity contribution is 14.0. The smallest absolute Gasteiger partial charge is 0.193 e. The molecule has 0 aliphatic heterocycles. The van der Waals surface area contributed by atoms with Crippen LogP contribution in [-0.2, 0) is 17.7 Å². The van der Waals surface area contributed by atoms with Crippen molar-refractivity contribution in [2.24, 2.45) is 4.99 Å². The van der Waals surface area contributed by atoms with Crippen LogP contribution < -0.4 is 5.32 Å². The average molecular weight is 527 g/mol. The van der Waals surface area contributed by atoms with E-state index in [0.29, 0.717) is 0 Å². The van der Waals surface area contributed by atoms with Crippen molar-refractivity contribution in [3.05, 3.63) is 52.1 Å². The van der Waals surface area contributed by atoms with E-state index in [1.54, 1.807) is 18.4 Å². The number of fused-ring (bicyclic) bond motifs is 1. The molecule has 0 aliphatic rings. The SMILES string of the molecule is CN=C(NCCCc1c[nH]c2ccccc12)N(C)Cc1csc(C(C)OC)n1.I. The summed E-state index contributed by atoms with van der Waals surface area (Å²) in [6, 6.07) is 8.44. The van der Waals surface area contributed by atoms with Crippen LogP contribution in [0.4, 0.5) is 0 Å². The largest absolute Gasteiger partial charge is 0.375 e. The Balaban J connectivity index is 0.00000300. The van der Waals surface area contributed by atoms with Crippen LogP contribution in [0.25, 0.3) is 10.9 Å². The first-order valence-corrected chi connectivity index (χ1v) is 10.4. The highest BCUT2D eigenvalue weighted by atomic mass is 127. The Kier molecular flexibility index (Phi) is 9.38. The number of H-pyrrole nitrogens is 1. The maximum Gasteiger partial charge on any atom is 0.193 e. The molecule has 1 unspecified atom stereocenters. The number of methoxy groups -OCH3 is 1. The Morgan fingerprint density at radius 2 is 2.17 bits per heavy atom. The number of halogens is 1. The number of rotatable bonds is 8. The van der Waals surface area contributed by atoms with Gasteiger partial charge in [0.05, 0.1) is 12.2 Å². The molecular weight excluding hydrogens is 497 g/mol. The zero-order valence-corrected chi connectivity index (χ0v) is 20.6. The van der Waals surface area contributed by atoms with E-state index < -0.39 is 0 Å². The lowest BCUT2D eigenvalue weighted by molar-refractivity contribution is 0.119. The minimum absolute atomic E-state index is 0. The highest BCUT2D eigenvalue weighted by Gasteiger charge is 2.12. The van der Waals surface area contributed by atoms with Crippen LogP contribution in [0.1, 0.15) is 35.7 Å². The van der Waals surface area contributed by atoms with Crippen molar-refractivity contribution in [1.29, 1.82) is 0 Å². The van der Waals surface area contributed by atoms with Gasteiger partial charge in [-0.2, -0.15) is 0 Å². The fourth-order valence-electron chi connectivity index (χ4n) is 3.20. The molecule has 8 heteroatoms. The minimum Gasteiger partial charge on any atom is -0.375 e. The fourth-order valence-corrected chi connectivity index (χ4v) is 4.04. The molecule has 2 heterocycles. The maximum atomic E-state index is 5.34. The Labute approximate surface area is 193 Å². The third-order valence-corrected chi connectivity index (χ3v) is 5.88. The van der Waals surface area contributed by atoms with Gasteiger partial charge in [0.15, 0.2) is 5.96 Å². The molecule has 0 amide bonds. The molecule has 3 aromatic rings. The van der Waals surface area contributed by atoms with Crippen molar-refractivity contribution in [2.45, 2.75) is 32.4 Å². The van der Waals surface area contributed by atoms with Crippen LogP contribution in [-0.4, -0.2) is 48.6 Å². The lowest BCUT2D eigenvalue weighted by atomic mass is 10.1. The predicted octanol–water partition coefficient (Wildman–Crippen LogP) is 4.59. The molecule has 0 spiro atoms. The number of guanidine groups is 1. The summed E-state index contributed by atoms with van der Waals surface area (Å²) in [7, 11) is 5.56. The molecule has 3 rings (SSSR count). The number of aromatic amines is 1. The van der Waals surface area contributed by atoms with E-state index in [9.17, 15) is 0 Å². The Bertz CT molecular complexity index is 923. The normalized spacial score (nSPS) is 12.6. The molecule has 0 aliphatic carbocycles. The molecule has 1 aromatic carbocycles. The second-order valence-corrected chi connectivity index (χ2v) is 7.74. The maximum absolute atomic E-state index is 5.34. The van der Waals surface area contributed by atoms with Crippen LogP contribution in [0, 0.1) is 0 Å². The van der Waals surface area contributed by atoms with Gasteiger partial charge < -0.3 is 19.9 Å². The van der Waals surface area contributed by atoms with Crippen LogP contribution in [0.15, 0.2) is 40.8 Å². The first-order valence-electron chi connectivity index (χ1n) is 9.56. The molecular formula is C21H30IN5OS. The predicted molar refractivity (Wildman–Crippen MR) is 132 cm³/mol. The Morgan fingerprint density at radius 1 is 1.38 bits per heavy atom. The lowest BCUT2D eigenvalue weighted by Gasteiger charge is -2.21. The number of aromatic nitrogens is 2. The monoisotopic (exact) mass is 527 g/mol. The molecule has 6 nitrogen and oxygen atoms in total. The van der Waals surface area contributed by atoms with E-state index in [1.165, 1.54) is 16.5 Å². The van der Waals surface area contributed by atoms with Gasteiger partial charge in [0.1, 0.15) is 11.1 Å². The van der Waals surface area contributed by atoms with Crippen molar-refractivity contribution in [3.63, 3.8) is 0 Å². The van der Waals surface area contributed by atoms with Gasteiger partial charge in [-0.1, -0.05) is 18.2 Å². The summed E-state index contributed by atoms with van der Waals surface area (Å²) in [5.74, 6) is 0.883. The number of aryl methyl sites for hydroxylation is 1. The summed E-state index contributed by atoms with van der Waals surface area (Å²) in [4.78, 5) is 14.5. The number of thiazole rings is 1. The summed E-state index contributed by atoms with van der Waals surface area (Å²) in [5, 5.41) is 7.87. The van der Waals surface area contributed by atoms with Gasteiger partial charge in [0, 0.05) is 50.2 Å². The van der Waals surface area contributed by atoms with Crippen molar-refractivity contribution in [3.8, 4) is 0 Å². The molecule has 0 saturated carbocycles. The number of benzene rings is 1. The summed E-state index contributed by atoms with van der Waals surface area (Å²) in [5.41, 5.74) is 3.60. The third-order valence-electron chi connectivity index (χ3n) is 4.82. The summed E-state index contributed by atoms with van der Waals surface area (Å²) >= 11 is 1.64. The second-order valence-electron chi connectivity index (χ2n) is 6.85. The van der Waals surface area contributed by atoms with Gasteiger partial charge >= 0.3 is 0 Å². The second kappa shape index (κ2) is 11.5. The quantitative estimate of drug-likeness (QED) is 0.195. The number of aliphatic imine (C=N–C) groups is 1. The summed E-state index contributed by atoms with van der Waals surface area (Å²) < 4.78 is 5.34. The van der Waals surface area contributed by atoms with Crippen LogP contribution in [0.5, 0.6) is 0 Å². The van der Waals surface area contributed by atoms with E-state index in [-0.39, 0.29) is 30.1 Å². The van der Waals surface area contributed by atoms with Crippen molar-refractivity contribution in [2.75, 3.05) is 27.7 Å². The number of hydrogen-bond acceptors (Lipinski definition) is 4. The highest BCUT2D eigenvalue weighted by Crippen LogP contribution is 2.21. The summed E-state index contributed by atoms with van der Waals surface area (Å²) in [6.07, 6.45) is 4.22. The number of nitrogens with zero attached hydrogens (tertiary/aromatic N) is 3. The zero-order valence-electron chi connectivity index (χ0n) is 17.4. The number of para-hydroxylation sites is 1. The molecule has 0 saturated heterocycles. The number of nitrogens with one attached hydrogen (secondary N) is 2. The van der Waals surface area contributed by atoms with Crippen LogP contribution in [0.2, 0.25) is 0 Å². The van der Waals surface area contributed by atoms with Gasteiger partial charge in [0.25, 0.3) is 0 Å². The molecule has 0 fully saturated rings. The molecule has 2 N–H and O–H groups in total. The van der Waals surface area contributed by atoms with Gasteiger partial charge in [-0.05, 0) is 31.4 Å². The molecule has 0 radical (unpaired) electrons. The van der Waals surface area contributed by atoms with E-state index >= 15 is 0 Å². The zero-order chi connectivity index (χ0) is 19.9. The van der Waals surface area contributed by atoms with E-state index in [1.807, 2.05) is 21.0 Å². The average Bonchev–Trinajstić information content (AvgIpc) is 3.34. The fraction of sp³-hybridized carbons (Fsp3) is 0.429. The lowest BCUT2D eigenvalue weighted by Crippen LogP contribution is -2.39. The van der Waals surface area contributed by atoms with Crippen molar-refractivity contribution in [1.82, 2.24) is 20.2 Å². The molecule has 29 heavy (non-hydrogen) atoms. The molecule has 0 bridgehead atoms. The summed E-state index contributed by atoms with van der Waals surface area (Å²) in [6.45, 7) is 3.61. The van der Waals surface area contributed by atoms with Crippen molar-refractivity contribution >= 4 is 52.2 Å². The van der Waals surface area contributed by atoms with E-state index in [0.717, 1.165) is 42.6 Å². The van der Waals surface area contributed by atoms with E-state index in [2.05, 4.69) is 61.0 Å². The number of ether oxygens (including phenoxy) is 1. The first-order chi connectivity index (χ1) is 13.6. The molecule has 1 atom stereocenters. The molecule has 2 aromatic heterocycles. The van der Waals surface area contributed by atoms with Gasteiger partial charge in [-0.25, -0.2) is 4.98 Å². The van der Waals surface area contributed by atoms with Crippen LogP contribution >= 0.6 is 35.3 Å². The van der Waals surface area contributed by atoms with Gasteiger partial charge in [-0.3, -0.25) is 4.99 Å². The molecule has 158 valence electrons. The third kappa shape index (κ3) is 6.16. The standard InChI is InChI=1S/C21H29N5OS.HI/c1-15(27-4)20-25-17(14-28-20)13-26(3)21(22-2)23-11-7-8-16-12-24-19-10-6-5-9-18(16)19;/h5-6,9-10,12,14-15,24H,7-8,11,13H2,1-4H3,(H,22,23);1H. The number of hydrogen-bond donors (Lipinski definition) is 2. The van der Waals surface area contributed by atoms with Gasteiger partial charge in [0.2, 0.25) is 0 Å². The van der Waals surface area contributed by atoms with Gasteiger partial charge in [-0.15, -0.1) is 35.3 Å². The van der Waals surface area contributed by atoms with E-state index in [4.69, 9.17) is 4.74 Å². The minimum atomic E-state index is 0. The van der Waals surface area contributed by atoms with Crippen LogP contribution in [0.3, 0.4) is 0 Å².